The Labute approximate surface area is 85.0 Å². The molecule has 0 aromatic carbocycles. The molecule has 2 heterocycles. The number of imidazole rings is 1. The quantitative estimate of drug-likeness (QED) is 0.776. The molecule has 0 amide bonds. The second-order valence-corrected chi connectivity index (χ2v) is 3.09. The van der Waals surface area contributed by atoms with Gasteiger partial charge in [0.05, 0.1) is 6.20 Å². The van der Waals surface area contributed by atoms with Crippen molar-refractivity contribution in [2.75, 3.05) is 0 Å². The second kappa shape index (κ2) is 3.23. The smallest absolute Gasteiger partial charge is 0.353 e. The maximum atomic E-state index is 10.6. The van der Waals surface area contributed by atoms with Gasteiger partial charge in [0.1, 0.15) is 17.1 Å². The van der Waals surface area contributed by atoms with Gasteiger partial charge in [-0.3, -0.25) is 0 Å². The summed E-state index contributed by atoms with van der Waals surface area (Å²) in [6, 6.07) is 0. The van der Waals surface area contributed by atoms with Gasteiger partial charge in [-0.15, -0.1) is 0 Å². The Hall–Kier alpha value is -2.11. The zero-order valence-corrected chi connectivity index (χ0v) is 8.24. The minimum atomic E-state index is -1.05. The van der Waals surface area contributed by atoms with Crippen LogP contribution in [0.2, 0.25) is 0 Å². The molecule has 2 aromatic rings. The Morgan fingerprint density at radius 2 is 2.27 bits per heavy atom. The first-order valence-electron chi connectivity index (χ1n) is 4.30. The molecule has 2 N–H and O–H groups in total. The number of nitrogens with zero attached hydrogens (tertiary/aromatic N) is 2. The molecule has 0 unspecified atom stereocenters. The standard InChI is InChI=1S/C9H9N3O3/c1-4-7(11-5(2)15-4)8-10-3-6(12-8)9(13)14/h3H,1-2H3,(H,10,12)(H,13,14). The van der Waals surface area contributed by atoms with Gasteiger partial charge >= 0.3 is 5.97 Å². The Balaban J connectivity index is 2.45. The van der Waals surface area contributed by atoms with E-state index in [9.17, 15) is 4.79 Å². The molecular weight excluding hydrogens is 198 g/mol. The van der Waals surface area contributed by atoms with Gasteiger partial charge in [0, 0.05) is 6.92 Å². The zero-order valence-electron chi connectivity index (χ0n) is 8.24. The fourth-order valence-corrected chi connectivity index (χ4v) is 1.30. The number of oxazole rings is 1. The van der Waals surface area contributed by atoms with E-state index in [0.29, 0.717) is 23.2 Å². The maximum absolute atomic E-state index is 10.6. The third-order valence-electron chi connectivity index (χ3n) is 1.93. The van der Waals surface area contributed by atoms with E-state index in [-0.39, 0.29) is 5.69 Å². The van der Waals surface area contributed by atoms with Gasteiger partial charge in [-0.25, -0.2) is 14.8 Å². The fraction of sp³-hybridized carbons (Fsp3) is 0.222. The molecule has 6 nitrogen and oxygen atoms in total. The second-order valence-electron chi connectivity index (χ2n) is 3.09. The van der Waals surface area contributed by atoms with Crippen LogP contribution in [0.3, 0.4) is 0 Å². The van der Waals surface area contributed by atoms with Gasteiger partial charge in [0.15, 0.2) is 11.7 Å². The van der Waals surface area contributed by atoms with Crippen LogP contribution in [-0.2, 0) is 0 Å². The number of hydrogen-bond acceptors (Lipinski definition) is 4. The Bertz CT molecular complexity index is 512. The van der Waals surface area contributed by atoms with Crippen LogP contribution in [0.5, 0.6) is 0 Å². The Morgan fingerprint density at radius 3 is 2.73 bits per heavy atom. The zero-order chi connectivity index (χ0) is 11.0. The summed E-state index contributed by atoms with van der Waals surface area (Å²) in [6.45, 7) is 3.47. The lowest BCUT2D eigenvalue weighted by molar-refractivity contribution is 0.0691. The number of carboxylic acid groups (broad SMARTS) is 1. The lowest BCUT2D eigenvalue weighted by atomic mass is 10.3. The molecule has 0 saturated heterocycles. The normalized spacial score (nSPS) is 10.5. The van der Waals surface area contributed by atoms with Crippen molar-refractivity contribution in [3.05, 3.63) is 23.5 Å². The molecule has 0 aliphatic heterocycles. The van der Waals surface area contributed by atoms with Crippen molar-refractivity contribution in [3.8, 4) is 11.5 Å². The van der Waals surface area contributed by atoms with Crippen molar-refractivity contribution in [1.29, 1.82) is 0 Å². The van der Waals surface area contributed by atoms with Gasteiger partial charge < -0.3 is 14.5 Å². The van der Waals surface area contributed by atoms with Gasteiger partial charge in [0.25, 0.3) is 0 Å². The molecule has 6 heteroatoms. The largest absolute Gasteiger partial charge is 0.477 e. The van der Waals surface area contributed by atoms with Gasteiger partial charge in [-0.05, 0) is 6.92 Å². The summed E-state index contributed by atoms with van der Waals surface area (Å²) in [5.41, 5.74) is 0.574. The highest BCUT2D eigenvalue weighted by atomic mass is 16.4. The molecule has 2 rings (SSSR count). The predicted molar refractivity (Wildman–Crippen MR) is 50.5 cm³/mol. The van der Waals surface area contributed by atoms with Crippen LogP contribution in [0, 0.1) is 13.8 Å². The van der Waals surface area contributed by atoms with E-state index in [1.54, 1.807) is 13.8 Å². The molecule has 0 aliphatic rings. The molecule has 0 saturated carbocycles. The molecular formula is C9H9N3O3. The van der Waals surface area contributed by atoms with E-state index in [2.05, 4.69) is 15.0 Å². The van der Waals surface area contributed by atoms with Gasteiger partial charge in [-0.1, -0.05) is 0 Å². The fourth-order valence-electron chi connectivity index (χ4n) is 1.30. The first kappa shape index (κ1) is 9.45. The summed E-state index contributed by atoms with van der Waals surface area (Å²) < 4.78 is 5.22. The van der Waals surface area contributed by atoms with E-state index in [0.717, 1.165) is 0 Å². The predicted octanol–water partition coefficient (Wildman–Crippen LogP) is 1.38. The number of carbonyl (C=O) groups is 1. The van der Waals surface area contributed by atoms with Crippen LogP contribution in [0.25, 0.3) is 11.5 Å². The molecule has 0 bridgehead atoms. The summed E-state index contributed by atoms with van der Waals surface area (Å²) in [6.07, 6.45) is 1.25. The number of hydrogen-bond donors (Lipinski definition) is 2. The number of H-pyrrole nitrogens is 1. The third kappa shape index (κ3) is 1.61. The topological polar surface area (TPSA) is 92.0 Å². The molecule has 15 heavy (non-hydrogen) atoms. The monoisotopic (exact) mass is 207 g/mol. The van der Waals surface area contributed by atoms with Crippen molar-refractivity contribution in [2.24, 2.45) is 0 Å². The third-order valence-corrected chi connectivity index (χ3v) is 1.93. The highest BCUT2D eigenvalue weighted by molar-refractivity contribution is 5.85. The minimum absolute atomic E-state index is 0.0325. The van der Waals surface area contributed by atoms with E-state index in [1.165, 1.54) is 6.20 Å². The number of nitrogens with one attached hydrogen (secondary N) is 1. The van der Waals surface area contributed by atoms with Gasteiger partial charge in [0.2, 0.25) is 0 Å². The van der Waals surface area contributed by atoms with E-state index in [4.69, 9.17) is 9.52 Å². The Morgan fingerprint density at radius 1 is 1.53 bits per heavy atom. The van der Waals surface area contributed by atoms with Crippen LogP contribution < -0.4 is 0 Å². The van der Waals surface area contributed by atoms with Crippen molar-refractivity contribution < 1.29 is 14.3 Å². The molecule has 78 valence electrons. The van der Waals surface area contributed by atoms with Crippen molar-refractivity contribution >= 4 is 5.97 Å². The lowest BCUT2D eigenvalue weighted by Gasteiger charge is -1.89. The van der Waals surface area contributed by atoms with Crippen LogP contribution in [-0.4, -0.2) is 26.0 Å². The summed E-state index contributed by atoms with van der Waals surface area (Å²) in [5, 5.41) is 8.70. The summed E-state index contributed by atoms with van der Waals surface area (Å²) >= 11 is 0. The molecule has 0 aliphatic carbocycles. The van der Waals surface area contributed by atoms with Crippen LogP contribution in [0.15, 0.2) is 10.6 Å². The van der Waals surface area contributed by atoms with E-state index >= 15 is 0 Å². The molecule has 2 aromatic heterocycles. The van der Waals surface area contributed by atoms with Crippen LogP contribution in [0.4, 0.5) is 0 Å². The number of rotatable bonds is 2. The van der Waals surface area contributed by atoms with E-state index in [1.807, 2.05) is 0 Å². The first-order chi connectivity index (χ1) is 7.08. The number of aromatic carboxylic acids is 1. The maximum Gasteiger partial charge on any atom is 0.353 e. The number of aromatic amines is 1. The number of aromatic nitrogens is 3. The summed E-state index contributed by atoms with van der Waals surface area (Å²) in [7, 11) is 0. The van der Waals surface area contributed by atoms with Gasteiger partial charge in [-0.2, -0.15) is 0 Å². The lowest BCUT2D eigenvalue weighted by Crippen LogP contribution is -1.95. The van der Waals surface area contributed by atoms with Crippen LogP contribution >= 0.6 is 0 Å². The van der Waals surface area contributed by atoms with E-state index < -0.39 is 5.97 Å². The highest BCUT2D eigenvalue weighted by Gasteiger charge is 2.14. The highest BCUT2D eigenvalue weighted by Crippen LogP contribution is 2.19. The number of carboxylic acids is 1. The van der Waals surface area contributed by atoms with Crippen molar-refractivity contribution in [2.45, 2.75) is 13.8 Å². The molecule has 0 spiro atoms. The molecule has 0 fully saturated rings. The molecule has 0 radical (unpaired) electrons. The van der Waals surface area contributed by atoms with Crippen LogP contribution in [0.1, 0.15) is 22.1 Å². The average Bonchev–Trinajstić information content (AvgIpc) is 2.71. The molecule has 0 atom stereocenters. The Kier molecular flexibility index (Phi) is 2.03. The minimum Gasteiger partial charge on any atom is -0.477 e. The average molecular weight is 207 g/mol. The number of aryl methyl sites for hydroxylation is 2. The summed E-state index contributed by atoms with van der Waals surface area (Å²) in [4.78, 5) is 21.3. The van der Waals surface area contributed by atoms with Crippen molar-refractivity contribution in [3.63, 3.8) is 0 Å². The summed E-state index contributed by atoms with van der Waals surface area (Å²) in [5.74, 6) is 0.489. The SMILES string of the molecule is Cc1nc(-c2ncc(C(=O)O)[nH]2)c(C)o1. The van der Waals surface area contributed by atoms with Crippen molar-refractivity contribution in [1.82, 2.24) is 15.0 Å². The first-order valence-corrected chi connectivity index (χ1v) is 4.30.